The number of ether oxygens (including phenoxy) is 1. The van der Waals surface area contributed by atoms with Crippen LogP contribution < -0.4 is 5.73 Å². The molecule has 0 radical (unpaired) electrons. The van der Waals surface area contributed by atoms with Crippen molar-refractivity contribution >= 4 is 17.7 Å². The zero-order chi connectivity index (χ0) is 12.5. The van der Waals surface area contributed by atoms with Crippen LogP contribution in [0.25, 0.3) is 0 Å². The van der Waals surface area contributed by atoms with E-state index in [1.165, 1.54) is 7.11 Å². The summed E-state index contributed by atoms with van der Waals surface area (Å²) in [6.07, 6.45) is -0.0118. The van der Waals surface area contributed by atoms with Gasteiger partial charge in [-0.1, -0.05) is 6.92 Å². The van der Waals surface area contributed by atoms with E-state index in [0.29, 0.717) is 0 Å². The Bertz CT molecular complexity index is 385. The number of carbonyl (C=O) groups is 3. The van der Waals surface area contributed by atoms with Crippen LogP contribution in [0, 0.1) is 11.8 Å². The van der Waals surface area contributed by atoms with Gasteiger partial charge in [-0.05, 0) is 5.92 Å². The highest BCUT2D eigenvalue weighted by Crippen LogP contribution is 2.32. The second kappa shape index (κ2) is 4.34. The average molecular weight is 227 g/mol. The normalized spacial score (nSPS) is 25.5. The zero-order valence-corrected chi connectivity index (χ0v) is 9.02. The molecule has 0 saturated carbocycles. The van der Waals surface area contributed by atoms with Crippen LogP contribution in [0.15, 0.2) is 11.3 Å². The number of ketones is 1. The lowest BCUT2D eigenvalue weighted by Gasteiger charge is -2.26. The predicted octanol–water partition coefficient (Wildman–Crippen LogP) is -0.318. The van der Waals surface area contributed by atoms with Crippen LogP contribution in [0.4, 0.5) is 0 Å². The van der Waals surface area contributed by atoms with Gasteiger partial charge in [-0.3, -0.25) is 14.4 Å². The molecule has 1 aliphatic carbocycles. The number of esters is 1. The fourth-order valence-electron chi connectivity index (χ4n) is 1.81. The first-order valence-electron chi connectivity index (χ1n) is 4.74. The molecule has 0 fully saturated rings. The van der Waals surface area contributed by atoms with E-state index in [4.69, 9.17) is 5.73 Å². The van der Waals surface area contributed by atoms with Crippen molar-refractivity contribution in [3.63, 3.8) is 0 Å². The Labute approximate surface area is 92.1 Å². The Kier molecular flexibility index (Phi) is 3.31. The van der Waals surface area contributed by atoms with E-state index in [9.17, 15) is 19.5 Å². The van der Waals surface area contributed by atoms with E-state index < -0.39 is 40.8 Å². The van der Waals surface area contributed by atoms with E-state index in [1.807, 2.05) is 0 Å². The number of primary amides is 1. The molecule has 6 nitrogen and oxygen atoms in total. The third-order valence-corrected chi connectivity index (χ3v) is 2.61. The molecule has 0 saturated heterocycles. The summed E-state index contributed by atoms with van der Waals surface area (Å²) in [4.78, 5) is 33.8. The molecule has 0 aromatic carbocycles. The Morgan fingerprint density at radius 1 is 1.50 bits per heavy atom. The van der Waals surface area contributed by atoms with Crippen molar-refractivity contribution in [1.29, 1.82) is 0 Å². The van der Waals surface area contributed by atoms with Gasteiger partial charge in [0.15, 0.2) is 5.78 Å². The Hall–Kier alpha value is -1.85. The molecule has 16 heavy (non-hydrogen) atoms. The number of aliphatic hydroxyl groups excluding tert-OH is 1. The van der Waals surface area contributed by atoms with Crippen LogP contribution in [-0.2, 0) is 19.1 Å². The second-order valence-corrected chi connectivity index (χ2v) is 3.73. The van der Waals surface area contributed by atoms with Crippen molar-refractivity contribution in [2.75, 3.05) is 7.11 Å². The first-order chi connectivity index (χ1) is 7.40. The average Bonchev–Trinajstić information content (AvgIpc) is 2.15. The van der Waals surface area contributed by atoms with Gasteiger partial charge in [-0.25, -0.2) is 0 Å². The highest BCUT2D eigenvalue weighted by atomic mass is 16.5. The number of Topliss-reactive ketones (excluding diaryl/α,β-unsaturated/α-hetero) is 1. The number of aliphatic hydroxyl groups is 1. The Balaban J connectivity index is 3.23. The summed E-state index contributed by atoms with van der Waals surface area (Å²) in [6.45, 7) is 1.62. The van der Waals surface area contributed by atoms with Gasteiger partial charge < -0.3 is 15.6 Å². The summed E-state index contributed by atoms with van der Waals surface area (Å²) in [5, 5.41) is 9.70. The zero-order valence-electron chi connectivity index (χ0n) is 9.02. The summed E-state index contributed by atoms with van der Waals surface area (Å²) in [6, 6.07) is 0. The van der Waals surface area contributed by atoms with Crippen molar-refractivity contribution in [3.05, 3.63) is 11.3 Å². The van der Waals surface area contributed by atoms with E-state index in [-0.39, 0.29) is 6.42 Å². The molecule has 1 rings (SSSR count). The van der Waals surface area contributed by atoms with Crippen molar-refractivity contribution in [1.82, 2.24) is 0 Å². The topological polar surface area (TPSA) is 107 Å². The predicted molar refractivity (Wildman–Crippen MR) is 53.1 cm³/mol. The lowest BCUT2D eigenvalue weighted by Crippen LogP contribution is -2.37. The van der Waals surface area contributed by atoms with Crippen LogP contribution in [-0.4, -0.2) is 29.9 Å². The summed E-state index contributed by atoms with van der Waals surface area (Å²) < 4.78 is 4.50. The van der Waals surface area contributed by atoms with Crippen LogP contribution in [0.3, 0.4) is 0 Å². The second-order valence-electron chi connectivity index (χ2n) is 3.73. The van der Waals surface area contributed by atoms with Crippen molar-refractivity contribution in [2.45, 2.75) is 13.3 Å². The number of amides is 1. The molecule has 0 aromatic rings. The molecule has 1 amide bonds. The van der Waals surface area contributed by atoms with E-state index in [2.05, 4.69) is 4.74 Å². The maximum Gasteiger partial charge on any atom is 0.316 e. The summed E-state index contributed by atoms with van der Waals surface area (Å²) >= 11 is 0. The molecular formula is C10H13NO5. The van der Waals surface area contributed by atoms with Gasteiger partial charge >= 0.3 is 5.97 Å². The van der Waals surface area contributed by atoms with Crippen molar-refractivity contribution in [2.24, 2.45) is 17.6 Å². The van der Waals surface area contributed by atoms with Gasteiger partial charge in [-0.15, -0.1) is 0 Å². The molecule has 0 aliphatic heterocycles. The van der Waals surface area contributed by atoms with Gasteiger partial charge in [0.2, 0.25) is 0 Å². The third-order valence-electron chi connectivity index (χ3n) is 2.61. The first-order valence-corrected chi connectivity index (χ1v) is 4.74. The number of hydrogen-bond acceptors (Lipinski definition) is 5. The smallest absolute Gasteiger partial charge is 0.316 e. The summed E-state index contributed by atoms with van der Waals surface area (Å²) in [5.74, 6) is -4.24. The van der Waals surface area contributed by atoms with Gasteiger partial charge in [0.05, 0.1) is 7.11 Å². The third kappa shape index (κ3) is 1.91. The van der Waals surface area contributed by atoms with Gasteiger partial charge in [-0.2, -0.15) is 0 Å². The van der Waals surface area contributed by atoms with E-state index in [0.717, 1.165) is 0 Å². The molecule has 0 aromatic heterocycles. The molecule has 0 heterocycles. The number of methoxy groups -OCH3 is 1. The molecule has 88 valence electrons. The molecule has 2 unspecified atom stereocenters. The molecule has 3 N–H and O–H groups in total. The molecular weight excluding hydrogens is 214 g/mol. The van der Waals surface area contributed by atoms with E-state index >= 15 is 0 Å². The number of rotatable bonds is 2. The van der Waals surface area contributed by atoms with Crippen LogP contribution >= 0.6 is 0 Å². The lowest BCUT2D eigenvalue weighted by atomic mass is 9.79. The minimum Gasteiger partial charge on any atom is -0.510 e. The van der Waals surface area contributed by atoms with Crippen LogP contribution in [0.1, 0.15) is 13.3 Å². The van der Waals surface area contributed by atoms with Crippen molar-refractivity contribution < 1.29 is 24.2 Å². The highest BCUT2D eigenvalue weighted by Gasteiger charge is 2.40. The molecule has 1 aliphatic rings. The maximum atomic E-state index is 11.4. The monoisotopic (exact) mass is 227 g/mol. The van der Waals surface area contributed by atoms with Gasteiger partial charge in [0.25, 0.3) is 5.91 Å². The quantitative estimate of drug-likeness (QED) is 0.496. The Morgan fingerprint density at radius 3 is 2.50 bits per heavy atom. The molecule has 0 bridgehead atoms. The standard InChI is InChI=1S/C10H13NO5/c1-4-3-5(12)7(9(11)14)8(13)6(4)10(15)16-2/h4,6,13H,3H2,1-2H3,(H2,11,14). The first kappa shape index (κ1) is 12.2. The summed E-state index contributed by atoms with van der Waals surface area (Å²) in [7, 11) is 1.17. The number of carbonyl (C=O) groups excluding carboxylic acids is 3. The van der Waals surface area contributed by atoms with Gasteiger partial charge in [0, 0.05) is 6.42 Å². The van der Waals surface area contributed by atoms with Crippen LogP contribution in [0.2, 0.25) is 0 Å². The molecule has 6 heteroatoms. The minimum atomic E-state index is -1.02. The van der Waals surface area contributed by atoms with Gasteiger partial charge in [0.1, 0.15) is 17.3 Å². The highest BCUT2D eigenvalue weighted by molar-refractivity contribution is 6.20. The molecule has 2 atom stereocenters. The van der Waals surface area contributed by atoms with E-state index in [1.54, 1.807) is 6.92 Å². The fraction of sp³-hybridized carbons (Fsp3) is 0.500. The number of hydrogen-bond donors (Lipinski definition) is 2. The largest absolute Gasteiger partial charge is 0.510 e. The number of nitrogens with two attached hydrogens (primary N) is 1. The summed E-state index contributed by atoms with van der Waals surface area (Å²) in [5.41, 5.74) is 4.48. The maximum absolute atomic E-state index is 11.4. The molecule has 0 spiro atoms. The Morgan fingerprint density at radius 2 is 2.06 bits per heavy atom. The lowest BCUT2D eigenvalue weighted by molar-refractivity contribution is -0.147. The van der Waals surface area contributed by atoms with Crippen molar-refractivity contribution in [3.8, 4) is 0 Å². The minimum absolute atomic E-state index is 0.0118. The van der Waals surface area contributed by atoms with Crippen LogP contribution in [0.5, 0.6) is 0 Å². The SMILES string of the molecule is COC(=O)C1C(O)=C(C(N)=O)C(=O)CC1C. The fourth-order valence-corrected chi connectivity index (χ4v) is 1.81.